The van der Waals surface area contributed by atoms with E-state index in [0.29, 0.717) is 0 Å². The van der Waals surface area contributed by atoms with E-state index in [2.05, 4.69) is 4.90 Å². The third-order valence-corrected chi connectivity index (χ3v) is 4.13. The average Bonchev–Trinajstić information content (AvgIpc) is 2.74. The summed E-state index contributed by atoms with van der Waals surface area (Å²) in [6.45, 7) is 2.58. The normalized spacial score (nSPS) is 12.5. The summed E-state index contributed by atoms with van der Waals surface area (Å²) in [6, 6.07) is 8.39. The van der Waals surface area contributed by atoms with E-state index in [1.54, 1.807) is 17.4 Å². The van der Waals surface area contributed by atoms with Gasteiger partial charge in [-0.3, -0.25) is 0 Å². The van der Waals surface area contributed by atoms with Crippen LogP contribution < -0.4 is 10.6 Å². The molecule has 2 aromatic rings. The largest absolute Gasteiger partial charge is 0.369 e. The molecule has 1 heterocycles. The summed E-state index contributed by atoms with van der Waals surface area (Å²) in [5, 5.41) is 0. The number of thiophene rings is 1. The molecule has 2 nitrogen and oxygen atoms in total. The standard InChI is InChI=1S/C14H16ClFN2S/c1-9(17)12-7-10(16)3-5-13(12)18(2)8-11-4-6-14(15)19-11/h3-7,9H,8,17H2,1-2H3. The van der Waals surface area contributed by atoms with Gasteiger partial charge in [0.2, 0.25) is 0 Å². The molecule has 2 N–H and O–H groups in total. The second-order valence-corrected chi connectivity index (χ2v) is 6.35. The minimum atomic E-state index is -0.261. The van der Waals surface area contributed by atoms with Gasteiger partial charge in [0.25, 0.3) is 0 Å². The van der Waals surface area contributed by atoms with Crippen LogP contribution in [0.1, 0.15) is 23.4 Å². The summed E-state index contributed by atoms with van der Waals surface area (Å²) in [5.41, 5.74) is 7.66. The topological polar surface area (TPSA) is 29.3 Å². The van der Waals surface area contributed by atoms with Crippen molar-refractivity contribution >= 4 is 28.6 Å². The molecular formula is C14H16ClFN2S. The predicted molar refractivity (Wildman–Crippen MR) is 80.4 cm³/mol. The Kier molecular flexibility index (Phi) is 4.45. The lowest BCUT2D eigenvalue weighted by Crippen LogP contribution is -2.19. The van der Waals surface area contributed by atoms with Crippen LogP contribution in [0.5, 0.6) is 0 Å². The number of rotatable bonds is 4. The van der Waals surface area contributed by atoms with Gasteiger partial charge in [-0.05, 0) is 42.8 Å². The molecule has 1 aromatic carbocycles. The zero-order chi connectivity index (χ0) is 14.0. The molecule has 2 rings (SSSR count). The van der Waals surface area contributed by atoms with Crippen LogP contribution in [0.15, 0.2) is 30.3 Å². The summed E-state index contributed by atoms with van der Waals surface area (Å²) in [4.78, 5) is 3.22. The molecule has 1 aromatic heterocycles. The van der Waals surface area contributed by atoms with Gasteiger partial charge in [-0.15, -0.1) is 11.3 Å². The van der Waals surface area contributed by atoms with E-state index in [0.717, 1.165) is 27.0 Å². The van der Waals surface area contributed by atoms with Crippen LogP contribution in [-0.4, -0.2) is 7.05 Å². The van der Waals surface area contributed by atoms with Crippen LogP contribution in [0, 0.1) is 5.82 Å². The molecule has 0 aliphatic rings. The van der Waals surface area contributed by atoms with E-state index in [4.69, 9.17) is 17.3 Å². The van der Waals surface area contributed by atoms with Crippen LogP contribution >= 0.6 is 22.9 Å². The number of benzene rings is 1. The summed E-state index contributed by atoms with van der Waals surface area (Å²) >= 11 is 7.47. The number of halogens is 2. The first-order valence-corrected chi connectivity index (χ1v) is 7.17. The number of anilines is 1. The highest BCUT2D eigenvalue weighted by molar-refractivity contribution is 7.16. The van der Waals surface area contributed by atoms with Crippen molar-refractivity contribution in [2.24, 2.45) is 5.73 Å². The molecule has 0 saturated carbocycles. The molecular weight excluding hydrogens is 283 g/mol. The molecule has 5 heteroatoms. The van der Waals surface area contributed by atoms with E-state index >= 15 is 0 Å². The zero-order valence-electron chi connectivity index (χ0n) is 10.9. The van der Waals surface area contributed by atoms with E-state index in [-0.39, 0.29) is 11.9 Å². The quantitative estimate of drug-likeness (QED) is 0.917. The van der Waals surface area contributed by atoms with E-state index in [9.17, 15) is 4.39 Å². The van der Waals surface area contributed by atoms with Gasteiger partial charge in [0.05, 0.1) is 10.9 Å². The van der Waals surface area contributed by atoms with Crippen molar-refractivity contribution in [3.8, 4) is 0 Å². The summed E-state index contributed by atoms with van der Waals surface area (Å²) in [6.07, 6.45) is 0. The molecule has 0 aliphatic carbocycles. The van der Waals surface area contributed by atoms with E-state index in [1.807, 2.05) is 26.1 Å². The highest BCUT2D eigenvalue weighted by Gasteiger charge is 2.13. The van der Waals surface area contributed by atoms with Crippen LogP contribution in [-0.2, 0) is 6.54 Å². The summed E-state index contributed by atoms with van der Waals surface area (Å²) < 4.78 is 14.1. The van der Waals surface area contributed by atoms with Gasteiger partial charge in [-0.2, -0.15) is 0 Å². The fourth-order valence-electron chi connectivity index (χ4n) is 1.99. The Morgan fingerprint density at radius 2 is 2.11 bits per heavy atom. The van der Waals surface area contributed by atoms with Gasteiger partial charge in [-0.25, -0.2) is 4.39 Å². The van der Waals surface area contributed by atoms with Gasteiger partial charge >= 0.3 is 0 Å². The van der Waals surface area contributed by atoms with Crippen molar-refractivity contribution < 1.29 is 4.39 Å². The average molecular weight is 299 g/mol. The van der Waals surface area contributed by atoms with Gasteiger partial charge in [-0.1, -0.05) is 11.6 Å². The maximum atomic E-state index is 13.3. The van der Waals surface area contributed by atoms with Crippen LogP contribution in [0.2, 0.25) is 4.34 Å². The lowest BCUT2D eigenvalue weighted by Gasteiger charge is -2.23. The fraction of sp³-hybridized carbons (Fsp3) is 0.286. The third kappa shape index (κ3) is 3.47. The minimum absolute atomic E-state index is 0.208. The van der Waals surface area contributed by atoms with Crippen molar-refractivity contribution in [2.75, 3.05) is 11.9 Å². The highest BCUT2D eigenvalue weighted by atomic mass is 35.5. The molecule has 0 fully saturated rings. The number of hydrogen-bond acceptors (Lipinski definition) is 3. The Labute approximate surface area is 121 Å². The maximum Gasteiger partial charge on any atom is 0.123 e. The van der Waals surface area contributed by atoms with Gasteiger partial charge in [0.15, 0.2) is 0 Å². The lowest BCUT2D eigenvalue weighted by atomic mass is 10.1. The molecule has 0 spiro atoms. The molecule has 102 valence electrons. The molecule has 0 bridgehead atoms. The summed E-state index contributed by atoms with van der Waals surface area (Å²) in [5.74, 6) is -0.261. The first kappa shape index (κ1) is 14.3. The van der Waals surface area contributed by atoms with Crippen LogP contribution in [0.25, 0.3) is 0 Å². The van der Waals surface area contributed by atoms with E-state index < -0.39 is 0 Å². The number of nitrogens with two attached hydrogens (primary N) is 1. The fourth-order valence-corrected chi connectivity index (χ4v) is 3.13. The second kappa shape index (κ2) is 5.90. The molecule has 1 atom stereocenters. The Morgan fingerprint density at radius 3 is 2.68 bits per heavy atom. The molecule has 0 radical (unpaired) electrons. The smallest absolute Gasteiger partial charge is 0.123 e. The van der Waals surface area contributed by atoms with Crippen LogP contribution in [0.3, 0.4) is 0 Å². The lowest BCUT2D eigenvalue weighted by molar-refractivity contribution is 0.622. The van der Waals surface area contributed by atoms with E-state index in [1.165, 1.54) is 12.1 Å². The molecule has 0 saturated heterocycles. The Morgan fingerprint density at radius 1 is 1.37 bits per heavy atom. The van der Waals surface area contributed by atoms with Crippen molar-refractivity contribution in [3.05, 3.63) is 50.9 Å². The monoisotopic (exact) mass is 298 g/mol. The van der Waals surface area contributed by atoms with Gasteiger partial charge in [0, 0.05) is 23.7 Å². The zero-order valence-corrected chi connectivity index (χ0v) is 12.4. The SMILES string of the molecule is CC(N)c1cc(F)ccc1N(C)Cc1ccc(Cl)s1. The Balaban J connectivity index is 2.25. The Hall–Kier alpha value is -1.10. The number of hydrogen-bond donors (Lipinski definition) is 1. The third-order valence-electron chi connectivity index (χ3n) is 2.91. The predicted octanol–water partition coefficient (Wildman–Crippen LogP) is 4.20. The maximum absolute atomic E-state index is 13.3. The molecule has 19 heavy (non-hydrogen) atoms. The van der Waals surface area contributed by atoms with Crippen molar-refractivity contribution in [1.82, 2.24) is 0 Å². The van der Waals surface area contributed by atoms with Crippen molar-refractivity contribution in [2.45, 2.75) is 19.5 Å². The molecule has 0 aliphatic heterocycles. The molecule has 0 amide bonds. The Bertz CT molecular complexity index is 568. The first-order valence-electron chi connectivity index (χ1n) is 5.97. The van der Waals surface area contributed by atoms with Gasteiger partial charge in [0.1, 0.15) is 5.82 Å². The summed E-state index contributed by atoms with van der Waals surface area (Å²) in [7, 11) is 1.97. The molecule has 1 unspecified atom stereocenters. The van der Waals surface area contributed by atoms with Crippen LogP contribution in [0.4, 0.5) is 10.1 Å². The second-order valence-electron chi connectivity index (χ2n) is 4.55. The number of nitrogens with zero attached hydrogens (tertiary/aromatic N) is 1. The van der Waals surface area contributed by atoms with Crippen molar-refractivity contribution in [3.63, 3.8) is 0 Å². The highest BCUT2D eigenvalue weighted by Crippen LogP contribution is 2.28. The minimum Gasteiger partial charge on any atom is -0.369 e. The van der Waals surface area contributed by atoms with Crippen molar-refractivity contribution in [1.29, 1.82) is 0 Å². The van der Waals surface area contributed by atoms with Gasteiger partial charge < -0.3 is 10.6 Å². The first-order chi connectivity index (χ1) is 8.97.